The molecule has 0 radical (unpaired) electrons. The number of phenols is 6. The van der Waals surface area contributed by atoms with Crippen molar-refractivity contribution >= 4 is 35.1 Å². The van der Waals surface area contributed by atoms with E-state index in [2.05, 4.69) is 0 Å². The van der Waals surface area contributed by atoms with E-state index in [0.717, 1.165) is 36.4 Å². The summed E-state index contributed by atoms with van der Waals surface area (Å²) < 4.78 is 52.6. The molecule has 0 amide bonds. The van der Waals surface area contributed by atoms with E-state index >= 15 is 0 Å². The van der Waals surface area contributed by atoms with Gasteiger partial charge in [0.05, 0.1) is 18.2 Å². The van der Waals surface area contributed by atoms with Crippen LogP contribution in [-0.2, 0) is 38.0 Å². The molecule has 0 unspecified atom stereocenters. The number of esters is 2. The van der Waals surface area contributed by atoms with Crippen LogP contribution < -0.4 is 9.47 Å². The SMILES string of the molecule is O=C(/C=C/c1ccc(O)c(O)c1)OC[C@@H]1O[C@@H](O[C@@H]2[C@H](Oc3cc4c(O[C@@H]5O[C@@H](CO)[C@@H](O)[C@H](O)[C@H]5O)cc(O)cc4[o+]c3-c3ccc(O)cc3)O[C@@H](COC(=O)/C=C/c3ccc(O)c(O)c3)[C@@H](O)[C@@H]2O)[C@H](O)[C@@H](O)[C@@H]1O. The predicted molar refractivity (Wildman–Crippen MR) is 256 cm³/mol. The molecule has 0 aliphatic carbocycles. The van der Waals surface area contributed by atoms with Crippen LogP contribution in [0.25, 0.3) is 34.4 Å². The minimum absolute atomic E-state index is 0.0815. The van der Waals surface area contributed by atoms with E-state index in [-0.39, 0.29) is 50.7 Å². The molecule has 15 N–H and O–H groups in total. The van der Waals surface area contributed by atoms with E-state index in [1.165, 1.54) is 66.7 Å². The van der Waals surface area contributed by atoms with Crippen molar-refractivity contribution in [1.82, 2.24) is 0 Å². The first-order chi connectivity index (χ1) is 36.7. The van der Waals surface area contributed by atoms with Crippen LogP contribution in [0.4, 0.5) is 0 Å². The number of aliphatic hydroxyl groups excluding tert-OH is 9. The van der Waals surface area contributed by atoms with Crippen LogP contribution in [-0.4, -0.2) is 200 Å². The number of ether oxygens (including phenoxy) is 8. The standard InChI is InChI=1S/C51H52O26/c52-18-34-39(61)42(64)45(67)49(74-34)72-32-16-25(54)15-31-26(32)17-33(47(71-31)23-5-7-24(53)8-6-23)73-51-48(44(66)41(63)36(76-51)20-70-38(60)12-4-22-2-10-28(56)30(58)14-22)77-50-46(68)43(65)40(62)35(75-50)19-69-37(59)11-3-21-1-9-27(55)29(57)13-21/h1-17,34-36,39-46,48-52,61-68H,18-20H2,(H5-,53,54,55,56,57,58,59,60)/p+1/t34-,35-,36-,39+,40+,41+,42-,43-,44-,45+,46+,48-,49+,50-,51+/m0/s1. The van der Waals surface area contributed by atoms with Gasteiger partial charge in [-0.2, -0.15) is 0 Å². The fourth-order valence-electron chi connectivity index (χ4n) is 8.23. The molecule has 3 fully saturated rings. The Hall–Kier alpha value is -7.41. The van der Waals surface area contributed by atoms with Gasteiger partial charge >= 0.3 is 23.3 Å². The second kappa shape index (κ2) is 23.9. The summed E-state index contributed by atoms with van der Waals surface area (Å²) in [5.41, 5.74) is 0.570. The summed E-state index contributed by atoms with van der Waals surface area (Å²) in [6.07, 6.45) is -24.2. The molecule has 77 heavy (non-hydrogen) atoms. The van der Waals surface area contributed by atoms with Gasteiger partial charge in [-0.1, -0.05) is 12.1 Å². The summed E-state index contributed by atoms with van der Waals surface area (Å²) in [6.45, 7) is -2.40. The number of benzene rings is 4. The first-order valence-electron chi connectivity index (χ1n) is 23.4. The Bertz CT molecular complexity index is 2950. The average molecular weight is 1080 g/mol. The van der Waals surface area contributed by atoms with E-state index in [0.29, 0.717) is 0 Å². The number of carbonyl (C=O) groups is 2. The zero-order valence-corrected chi connectivity index (χ0v) is 39.8. The molecule has 26 heteroatoms. The lowest BCUT2D eigenvalue weighted by atomic mass is 9.97. The van der Waals surface area contributed by atoms with Gasteiger partial charge in [-0.3, -0.25) is 0 Å². The number of hydrogen-bond acceptors (Lipinski definition) is 25. The fourth-order valence-corrected chi connectivity index (χ4v) is 8.23. The third kappa shape index (κ3) is 12.7. The van der Waals surface area contributed by atoms with Crippen LogP contribution in [0.3, 0.4) is 0 Å². The smallest absolute Gasteiger partial charge is 0.402 e. The highest BCUT2D eigenvalue weighted by Gasteiger charge is 2.53. The Balaban J connectivity index is 1.12. The molecular formula is C51H53O26+. The fraction of sp³-hybridized carbons (Fsp3) is 0.353. The van der Waals surface area contributed by atoms with Gasteiger partial charge in [0, 0.05) is 24.3 Å². The van der Waals surface area contributed by atoms with Crippen LogP contribution >= 0.6 is 0 Å². The Morgan fingerprint density at radius 2 is 1.01 bits per heavy atom. The molecule has 15 atom stereocenters. The number of fused-ring (bicyclic) bond motifs is 1. The van der Waals surface area contributed by atoms with Gasteiger partial charge in [-0.05, 0) is 71.8 Å². The van der Waals surface area contributed by atoms with E-state index in [9.17, 15) is 86.2 Å². The maximum atomic E-state index is 12.9. The summed E-state index contributed by atoms with van der Waals surface area (Å²) in [7, 11) is 0. The maximum absolute atomic E-state index is 12.9. The molecule has 8 rings (SSSR count). The zero-order chi connectivity index (χ0) is 55.4. The molecule has 0 spiro atoms. The van der Waals surface area contributed by atoms with Gasteiger partial charge in [-0.15, -0.1) is 0 Å². The second-order valence-electron chi connectivity index (χ2n) is 17.8. The summed E-state index contributed by atoms with van der Waals surface area (Å²) in [6, 6.07) is 16.1. The Labute approximate surface area is 434 Å². The predicted octanol–water partition coefficient (Wildman–Crippen LogP) is -0.675. The summed E-state index contributed by atoms with van der Waals surface area (Å²) >= 11 is 0. The molecule has 412 valence electrons. The lowest BCUT2D eigenvalue weighted by molar-refractivity contribution is -0.358. The molecule has 4 aromatic carbocycles. The lowest BCUT2D eigenvalue weighted by Gasteiger charge is -2.45. The lowest BCUT2D eigenvalue weighted by Crippen LogP contribution is -2.65. The van der Waals surface area contributed by atoms with E-state index < -0.39 is 153 Å². The molecule has 0 saturated carbocycles. The first-order valence-corrected chi connectivity index (χ1v) is 23.4. The van der Waals surface area contributed by atoms with Gasteiger partial charge in [0.1, 0.15) is 103 Å². The third-order valence-corrected chi connectivity index (χ3v) is 12.5. The molecule has 26 nitrogen and oxygen atoms in total. The number of carbonyl (C=O) groups excluding carboxylic acids is 2. The van der Waals surface area contributed by atoms with Gasteiger partial charge in [0.15, 0.2) is 35.4 Å². The van der Waals surface area contributed by atoms with Crippen molar-refractivity contribution in [3.8, 4) is 57.3 Å². The minimum atomic E-state index is -2.15. The Morgan fingerprint density at radius 3 is 1.57 bits per heavy atom. The van der Waals surface area contributed by atoms with Crippen LogP contribution in [0, 0.1) is 0 Å². The summed E-state index contributed by atoms with van der Waals surface area (Å²) in [4.78, 5) is 25.6. The average Bonchev–Trinajstić information content (AvgIpc) is 3.42. The molecule has 3 aliphatic heterocycles. The van der Waals surface area contributed by atoms with Crippen LogP contribution in [0.5, 0.6) is 46.0 Å². The van der Waals surface area contributed by atoms with Crippen molar-refractivity contribution in [3.05, 3.63) is 102 Å². The zero-order valence-electron chi connectivity index (χ0n) is 39.8. The summed E-state index contributed by atoms with van der Waals surface area (Å²) in [5.74, 6) is -5.35. The topological polar surface area (TPSA) is 423 Å². The molecule has 5 aromatic rings. The van der Waals surface area contributed by atoms with Crippen LogP contribution in [0.2, 0.25) is 0 Å². The number of aromatic hydroxyl groups is 6. The van der Waals surface area contributed by atoms with Crippen molar-refractivity contribution in [3.63, 3.8) is 0 Å². The van der Waals surface area contributed by atoms with Gasteiger partial charge in [-0.25, -0.2) is 14.0 Å². The number of aliphatic hydroxyl groups is 9. The largest absolute Gasteiger partial charge is 0.508 e. The monoisotopic (exact) mass is 1080 g/mol. The van der Waals surface area contributed by atoms with Gasteiger partial charge < -0.3 is 114 Å². The maximum Gasteiger partial charge on any atom is 0.402 e. The van der Waals surface area contributed by atoms with Crippen molar-refractivity contribution in [2.24, 2.45) is 0 Å². The third-order valence-electron chi connectivity index (χ3n) is 12.5. The van der Waals surface area contributed by atoms with E-state index in [1.807, 2.05) is 0 Å². The van der Waals surface area contributed by atoms with Crippen molar-refractivity contribution < 1.29 is 128 Å². The highest BCUT2D eigenvalue weighted by Crippen LogP contribution is 2.43. The van der Waals surface area contributed by atoms with Crippen LogP contribution in [0.15, 0.2) is 95.4 Å². The van der Waals surface area contributed by atoms with Crippen molar-refractivity contribution in [1.29, 1.82) is 0 Å². The van der Waals surface area contributed by atoms with E-state index in [1.54, 1.807) is 0 Å². The molecule has 4 heterocycles. The van der Waals surface area contributed by atoms with Gasteiger partial charge in [0.25, 0.3) is 0 Å². The van der Waals surface area contributed by atoms with E-state index in [4.69, 9.17) is 42.3 Å². The second-order valence-corrected chi connectivity index (χ2v) is 17.8. The Morgan fingerprint density at radius 1 is 0.506 bits per heavy atom. The number of rotatable bonds is 16. The molecule has 3 aliphatic rings. The first kappa shape index (κ1) is 55.8. The quantitative estimate of drug-likeness (QED) is 0.0252. The highest BCUT2D eigenvalue weighted by atomic mass is 16.8. The number of phenolic OH excluding ortho intramolecular Hbond substituents is 6. The molecule has 1 aromatic heterocycles. The highest BCUT2D eigenvalue weighted by molar-refractivity contribution is 5.89. The van der Waals surface area contributed by atoms with Crippen LogP contribution in [0.1, 0.15) is 11.1 Å². The molecule has 0 bridgehead atoms. The molecular weight excluding hydrogens is 1030 g/mol. The molecule has 3 saturated heterocycles. The van der Waals surface area contributed by atoms with Gasteiger partial charge in [0.2, 0.25) is 18.3 Å². The minimum Gasteiger partial charge on any atom is -0.508 e. The Kier molecular flexibility index (Phi) is 17.3. The van der Waals surface area contributed by atoms with Crippen molar-refractivity contribution in [2.75, 3.05) is 19.8 Å². The van der Waals surface area contributed by atoms with Crippen molar-refractivity contribution in [2.45, 2.75) is 92.1 Å². The normalized spacial score (nSPS) is 29.6. The summed E-state index contributed by atoms with van der Waals surface area (Å²) in [5, 5.41) is 158. The number of hydrogen-bond donors (Lipinski definition) is 15.